The summed E-state index contributed by atoms with van der Waals surface area (Å²) in [4.78, 5) is 0. The third-order valence-corrected chi connectivity index (χ3v) is 15.4. The molecule has 1 fully saturated rings. The Morgan fingerprint density at radius 3 is 1.92 bits per heavy atom. The van der Waals surface area contributed by atoms with Crippen LogP contribution in [0.15, 0.2) is 0 Å². The van der Waals surface area contributed by atoms with Gasteiger partial charge in [-0.3, -0.25) is 0 Å². The van der Waals surface area contributed by atoms with Crippen molar-refractivity contribution in [2.45, 2.75) is 102 Å². The van der Waals surface area contributed by atoms with Crippen LogP contribution in [0.1, 0.15) is 65.7 Å². The van der Waals surface area contributed by atoms with Gasteiger partial charge in [0, 0.05) is 20.3 Å². The van der Waals surface area contributed by atoms with Crippen LogP contribution in [0, 0.1) is 0 Å². The van der Waals surface area contributed by atoms with E-state index in [2.05, 4.69) is 45.0 Å². The summed E-state index contributed by atoms with van der Waals surface area (Å²) >= 11 is 0. The molecule has 0 spiro atoms. The molecule has 0 radical (unpaired) electrons. The van der Waals surface area contributed by atoms with Crippen LogP contribution >= 0.6 is 0 Å². The Balaban J connectivity index is 2.69. The maximum Gasteiger partial charge on any atom is 0.334 e. The van der Waals surface area contributed by atoms with Gasteiger partial charge in [-0.25, -0.2) is 0 Å². The monoisotopic (exact) mass is 373 g/mol. The van der Waals surface area contributed by atoms with Crippen LogP contribution in [-0.4, -0.2) is 48.2 Å². The first kappa shape index (κ1) is 22.4. The van der Waals surface area contributed by atoms with E-state index in [0.717, 1.165) is 12.1 Å². The van der Waals surface area contributed by atoms with Gasteiger partial charge < -0.3 is 13.4 Å². The summed E-state index contributed by atoms with van der Waals surface area (Å²) < 4.78 is 14.3. The zero-order chi connectivity index (χ0) is 18.4. The average molecular weight is 374 g/mol. The quantitative estimate of drug-likeness (QED) is 0.378. The fourth-order valence-corrected chi connectivity index (χ4v) is 7.97. The van der Waals surface area contributed by atoms with E-state index in [0.29, 0.717) is 5.04 Å². The first-order valence-electron chi connectivity index (χ1n) is 9.94. The third kappa shape index (κ3) is 5.94. The van der Waals surface area contributed by atoms with Crippen LogP contribution in [0.25, 0.3) is 0 Å². The van der Waals surface area contributed by atoms with Gasteiger partial charge in [0.2, 0.25) is 0 Å². The standard InChI is InChI=1S/C19H43NO2Si2/c1-19(2,3)23(6,7)20(18-14-10-9-11-15-18)16-12-13-17-24(8,21-4)22-5/h18H,9-17H2,1-8H3. The van der Waals surface area contributed by atoms with Crippen LogP contribution in [-0.2, 0) is 8.85 Å². The van der Waals surface area contributed by atoms with Crippen molar-refractivity contribution < 1.29 is 8.85 Å². The fourth-order valence-electron chi connectivity index (χ4n) is 3.76. The van der Waals surface area contributed by atoms with Crippen molar-refractivity contribution in [3.63, 3.8) is 0 Å². The first-order valence-corrected chi connectivity index (χ1v) is 15.4. The summed E-state index contributed by atoms with van der Waals surface area (Å²) in [5.74, 6) is 0. The van der Waals surface area contributed by atoms with Crippen LogP contribution < -0.4 is 0 Å². The molecule has 144 valence electrons. The summed E-state index contributed by atoms with van der Waals surface area (Å²) in [5.41, 5.74) is 0. The van der Waals surface area contributed by atoms with Crippen LogP contribution in [0.4, 0.5) is 0 Å². The molecule has 0 aromatic rings. The molecule has 1 saturated carbocycles. The highest BCUT2D eigenvalue weighted by atomic mass is 28.4. The lowest BCUT2D eigenvalue weighted by Gasteiger charge is -2.50. The van der Waals surface area contributed by atoms with Gasteiger partial charge in [-0.1, -0.05) is 59.5 Å². The summed E-state index contributed by atoms with van der Waals surface area (Å²) in [5, 5.41) is 0.423. The Morgan fingerprint density at radius 2 is 1.46 bits per heavy atom. The Morgan fingerprint density at radius 1 is 0.917 bits per heavy atom. The van der Waals surface area contributed by atoms with E-state index in [9.17, 15) is 0 Å². The zero-order valence-electron chi connectivity index (χ0n) is 17.7. The molecule has 5 heteroatoms. The molecule has 24 heavy (non-hydrogen) atoms. The summed E-state index contributed by atoms with van der Waals surface area (Å²) in [6.07, 6.45) is 9.61. The lowest BCUT2D eigenvalue weighted by atomic mass is 9.95. The van der Waals surface area contributed by atoms with Crippen molar-refractivity contribution in [2.24, 2.45) is 0 Å². The van der Waals surface area contributed by atoms with E-state index >= 15 is 0 Å². The maximum atomic E-state index is 5.64. The SMILES string of the molecule is CO[Si](C)(CCCCN(C1CCCCC1)[Si](C)(C)C(C)(C)C)OC. The van der Waals surface area contributed by atoms with Crippen LogP contribution in [0.5, 0.6) is 0 Å². The summed E-state index contributed by atoms with van der Waals surface area (Å²) in [7, 11) is 0.260. The average Bonchev–Trinajstić information content (AvgIpc) is 2.54. The molecule has 0 aromatic heterocycles. The topological polar surface area (TPSA) is 21.7 Å². The molecule has 0 unspecified atom stereocenters. The van der Waals surface area contributed by atoms with Gasteiger partial charge in [0.15, 0.2) is 0 Å². The van der Waals surface area contributed by atoms with E-state index in [-0.39, 0.29) is 0 Å². The van der Waals surface area contributed by atoms with Crippen molar-refractivity contribution in [1.82, 2.24) is 4.57 Å². The number of hydrogen-bond acceptors (Lipinski definition) is 3. The van der Waals surface area contributed by atoms with E-state index < -0.39 is 16.8 Å². The van der Waals surface area contributed by atoms with Gasteiger partial charge in [0.1, 0.15) is 8.24 Å². The molecule has 1 aliphatic carbocycles. The van der Waals surface area contributed by atoms with Crippen molar-refractivity contribution in [3.8, 4) is 0 Å². The number of hydrogen-bond donors (Lipinski definition) is 0. The summed E-state index contributed by atoms with van der Waals surface area (Å²) in [6, 6.07) is 1.93. The minimum Gasteiger partial charge on any atom is -0.398 e. The van der Waals surface area contributed by atoms with E-state index in [1.54, 1.807) is 14.2 Å². The zero-order valence-corrected chi connectivity index (χ0v) is 19.7. The highest BCUT2D eigenvalue weighted by Gasteiger charge is 2.43. The Labute approximate surface area is 153 Å². The van der Waals surface area contributed by atoms with Crippen molar-refractivity contribution in [3.05, 3.63) is 0 Å². The number of nitrogens with zero attached hydrogens (tertiary/aromatic N) is 1. The van der Waals surface area contributed by atoms with Gasteiger partial charge in [0.05, 0.1) is 0 Å². The lowest BCUT2D eigenvalue weighted by Crippen LogP contribution is -2.59. The van der Waals surface area contributed by atoms with Gasteiger partial charge >= 0.3 is 8.56 Å². The van der Waals surface area contributed by atoms with Crippen LogP contribution in [0.2, 0.25) is 30.7 Å². The van der Waals surface area contributed by atoms with Gasteiger partial charge in [0.25, 0.3) is 0 Å². The van der Waals surface area contributed by atoms with Crippen LogP contribution in [0.3, 0.4) is 0 Å². The fraction of sp³-hybridized carbons (Fsp3) is 1.00. The maximum absolute atomic E-state index is 5.64. The van der Waals surface area contributed by atoms with Gasteiger partial charge in [-0.2, -0.15) is 0 Å². The second-order valence-corrected chi connectivity index (χ2v) is 18.1. The number of unbranched alkanes of at least 4 members (excludes halogenated alkanes) is 1. The van der Waals surface area contributed by atoms with Crippen molar-refractivity contribution in [1.29, 1.82) is 0 Å². The third-order valence-electron chi connectivity index (χ3n) is 6.71. The van der Waals surface area contributed by atoms with Crippen molar-refractivity contribution >= 4 is 16.8 Å². The molecule has 0 bridgehead atoms. The lowest BCUT2D eigenvalue weighted by molar-refractivity contribution is 0.230. The van der Waals surface area contributed by atoms with E-state index in [4.69, 9.17) is 8.85 Å². The Bertz CT molecular complexity index is 359. The molecule has 1 aliphatic rings. The number of rotatable bonds is 9. The molecule has 0 atom stereocenters. The Kier molecular flexibility index (Phi) is 8.67. The predicted octanol–water partition coefficient (Wildman–Crippen LogP) is 5.77. The molecular weight excluding hydrogens is 330 g/mol. The summed E-state index contributed by atoms with van der Waals surface area (Å²) in [6.45, 7) is 16.0. The van der Waals surface area contributed by atoms with Gasteiger partial charge in [-0.05, 0) is 43.4 Å². The molecule has 0 saturated heterocycles. The normalized spacial score (nSPS) is 18.4. The second kappa shape index (κ2) is 9.31. The molecular formula is C19H43NO2Si2. The highest BCUT2D eigenvalue weighted by molar-refractivity contribution is 6.77. The molecule has 0 amide bonds. The Hall–Kier alpha value is 0.314. The largest absolute Gasteiger partial charge is 0.398 e. The minimum atomic E-state index is -1.90. The van der Waals surface area contributed by atoms with E-state index in [1.807, 2.05) is 0 Å². The molecule has 0 heterocycles. The highest BCUT2D eigenvalue weighted by Crippen LogP contribution is 2.41. The molecule has 3 nitrogen and oxygen atoms in total. The molecule has 0 aliphatic heterocycles. The predicted molar refractivity (Wildman–Crippen MR) is 110 cm³/mol. The molecule has 1 rings (SSSR count). The molecule has 0 N–H and O–H groups in total. The minimum absolute atomic E-state index is 0.423. The smallest absolute Gasteiger partial charge is 0.334 e. The molecule has 0 aromatic carbocycles. The van der Waals surface area contributed by atoms with E-state index in [1.165, 1.54) is 51.5 Å². The second-order valence-electron chi connectivity index (χ2n) is 9.29. The van der Waals surface area contributed by atoms with Crippen molar-refractivity contribution in [2.75, 3.05) is 20.8 Å². The first-order chi connectivity index (χ1) is 11.1. The van der Waals surface area contributed by atoms with Gasteiger partial charge in [-0.15, -0.1) is 0 Å².